The molecule has 2 aromatic rings. The van der Waals surface area contributed by atoms with Crippen LogP contribution in [0.4, 0.5) is 17.6 Å². The molecule has 0 unspecified atom stereocenters. The van der Waals surface area contributed by atoms with Crippen LogP contribution >= 0.6 is 0 Å². The van der Waals surface area contributed by atoms with Gasteiger partial charge in [-0.2, -0.15) is 17.5 Å². The topological polar surface area (TPSA) is 54.5 Å². The molecule has 1 saturated carbocycles. The number of sulfonamides is 1. The van der Waals surface area contributed by atoms with Crippen molar-refractivity contribution in [2.75, 3.05) is 0 Å². The van der Waals surface area contributed by atoms with Crippen molar-refractivity contribution in [2.45, 2.75) is 42.4 Å². The van der Waals surface area contributed by atoms with E-state index in [1.807, 2.05) is 0 Å². The van der Waals surface area contributed by atoms with Crippen LogP contribution in [0.1, 0.15) is 36.4 Å². The number of alkyl halides is 3. The van der Waals surface area contributed by atoms with Gasteiger partial charge in [0.25, 0.3) is 0 Å². The third kappa shape index (κ3) is 3.46. The van der Waals surface area contributed by atoms with E-state index in [9.17, 15) is 30.8 Å². The summed E-state index contributed by atoms with van der Waals surface area (Å²) in [6.07, 6.45) is -3.47. The number of nitrogens with zero attached hydrogens (tertiary/aromatic N) is 1. The molecule has 29 heavy (non-hydrogen) atoms. The number of hydrogen-bond donors (Lipinski definition) is 0. The van der Waals surface area contributed by atoms with Crippen LogP contribution in [-0.4, -0.2) is 24.5 Å². The van der Waals surface area contributed by atoms with Gasteiger partial charge in [0.15, 0.2) is 0 Å². The Kier molecular flexibility index (Phi) is 4.77. The lowest BCUT2D eigenvalue weighted by Crippen LogP contribution is -2.56. The first-order valence-electron chi connectivity index (χ1n) is 9.08. The Morgan fingerprint density at radius 2 is 1.55 bits per heavy atom. The molecule has 5 rings (SSSR count). The fourth-order valence-corrected chi connectivity index (χ4v) is 6.16. The Morgan fingerprint density at radius 3 is 2.10 bits per heavy atom. The average Bonchev–Trinajstić information content (AvgIpc) is 2.67. The van der Waals surface area contributed by atoms with E-state index in [1.165, 1.54) is 16.4 Å². The summed E-state index contributed by atoms with van der Waals surface area (Å²) < 4.78 is 79.8. The second kappa shape index (κ2) is 6.91. The van der Waals surface area contributed by atoms with Crippen LogP contribution < -0.4 is 0 Å². The van der Waals surface area contributed by atoms with E-state index in [4.69, 9.17) is 0 Å². The number of benzene rings is 2. The summed E-state index contributed by atoms with van der Waals surface area (Å²) in [5, 5.41) is 0. The number of hydrogen-bond acceptors (Lipinski definition) is 3. The number of Topliss-reactive ketones (excluding diaryl/α,β-unsaturated/α-hetero) is 1. The minimum Gasteiger partial charge on any atom is -0.299 e. The molecule has 2 bridgehead atoms. The summed E-state index contributed by atoms with van der Waals surface area (Å²) in [6, 6.07) is 7.17. The van der Waals surface area contributed by atoms with Crippen LogP contribution in [-0.2, 0) is 21.0 Å². The Hall–Kier alpha value is -2.26. The zero-order valence-corrected chi connectivity index (χ0v) is 15.9. The molecule has 2 saturated heterocycles. The van der Waals surface area contributed by atoms with Crippen molar-refractivity contribution in [1.29, 1.82) is 0 Å². The quantitative estimate of drug-likeness (QED) is 0.686. The number of fused-ring (bicyclic) bond motifs is 3. The van der Waals surface area contributed by atoms with Gasteiger partial charge in [-0.25, -0.2) is 12.8 Å². The fourth-order valence-electron chi connectivity index (χ4n) is 4.30. The first kappa shape index (κ1) is 20.0. The molecule has 154 valence electrons. The lowest BCUT2D eigenvalue weighted by atomic mass is 9.73. The SMILES string of the molecule is O=C1C[C@@H]2CC[C@H]1[C@@H](c1ccc(C(F)(F)F)cc1)N2S(=O)(=O)c1ccc(F)cc1. The van der Waals surface area contributed by atoms with Crippen LogP contribution in [0.2, 0.25) is 0 Å². The molecule has 3 aliphatic rings. The zero-order chi connectivity index (χ0) is 21.0. The summed E-state index contributed by atoms with van der Waals surface area (Å²) >= 11 is 0. The van der Waals surface area contributed by atoms with Crippen LogP contribution in [0.3, 0.4) is 0 Å². The second-order valence-corrected chi connectivity index (χ2v) is 9.20. The Labute approximate surface area is 165 Å². The highest BCUT2D eigenvalue weighted by Gasteiger charge is 2.52. The number of ketones is 1. The molecule has 2 heterocycles. The predicted octanol–water partition coefficient (Wildman–Crippen LogP) is 4.33. The van der Waals surface area contributed by atoms with Gasteiger partial charge in [-0.15, -0.1) is 0 Å². The van der Waals surface area contributed by atoms with E-state index in [2.05, 4.69) is 0 Å². The maximum Gasteiger partial charge on any atom is 0.416 e. The Morgan fingerprint density at radius 1 is 0.931 bits per heavy atom. The molecule has 0 aromatic heterocycles. The Balaban J connectivity index is 1.79. The summed E-state index contributed by atoms with van der Waals surface area (Å²) in [5.74, 6) is -1.29. The maximum atomic E-state index is 13.3. The van der Waals surface area contributed by atoms with Gasteiger partial charge < -0.3 is 0 Å². The van der Waals surface area contributed by atoms with Crippen molar-refractivity contribution in [3.8, 4) is 0 Å². The van der Waals surface area contributed by atoms with Crippen molar-refractivity contribution in [3.05, 3.63) is 65.5 Å². The van der Waals surface area contributed by atoms with Crippen molar-refractivity contribution >= 4 is 15.8 Å². The monoisotopic (exact) mass is 427 g/mol. The number of rotatable bonds is 3. The second-order valence-electron chi connectivity index (χ2n) is 7.36. The Bertz CT molecular complexity index is 1030. The average molecular weight is 427 g/mol. The standard InChI is InChI=1S/C20H17F4NO3S/c21-14-5-8-16(9-6-14)29(27,28)25-15-7-10-17(18(26)11-15)19(25)12-1-3-13(4-2-12)20(22,23)24/h1-6,8-9,15,17,19H,7,10-11H2/t15-,17+,19+/m0/s1. The van der Waals surface area contributed by atoms with Gasteiger partial charge in [-0.1, -0.05) is 12.1 Å². The highest BCUT2D eigenvalue weighted by molar-refractivity contribution is 7.89. The molecular weight excluding hydrogens is 410 g/mol. The van der Waals surface area contributed by atoms with E-state index >= 15 is 0 Å². The fraction of sp³-hybridized carbons (Fsp3) is 0.350. The van der Waals surface area contributed by atoms with Crippen LogP contribution in [0.5, 0.6) is 0 Å². The predicted molar refractivity (Wildman–Crippen MR) is 95.7 cm³/mol. The van der Waals surface area contributed by atoms with Gasteiger partial charge in [-0.05, 0) is 54.8 Å². The third-order valence-corrected chi connectivity index (χ3v) is 7.59. The molecule has 0 N–H and O–H groups in total. The smallest absolute Gasteiger partial charge is 0.299 e. The zero-order valence-electron chi connectivity index (χ0n) is 15.1. The lowest BCUT2D eigenvalue weighted by Gasteiger charge is -2.49. The molecule has 3 atom stereocenters. The normalized spacial score (nSPS) is 25.4. The van der Waals surface area contributed by atoms with E-state index in [0.29, 0.717) is 18.4 Å². The van der Waals surface area contributed by atoms with Crippen molar-refractivity contribution < 1.29 is 30.8 Å². The molecule has 3 fully saturated rings. The van der Waals surface area contributed by atoms with Gasteiger partial charge in [0, 0.05) is 18.4 Å². The molecular formula is C20H17F4NO3S. The summed E-state index contributed by atoms with van der Waals surface area (Å²) in [7, 11) is -4.08. The maximum absolute atomic E-state index is 13.3. The molecule has 4 nitrogen and oxygen atoms in total. The molecule has 0 spiro atoms. The van der Waals surface area contributed by atoms with Gasteiger partial charge in [-0.3, -0.25) is 4.79 Å². The van der Waals surface area contributed by atoms with Crippen molar-refractivity contribution in [1.82, 2.24) is 4.31 Å². The highest BCUT2D eigenvalue weighted by Crippen LogP contribution is 2.48. The van der Waals surface area contributed by atoms with Gasteiger partial charge in [0.2, 0.25) is 10.0 Å². The number of piperidine rings is 2. The molecule has 1 aliphatic carbocycles. The number of carbonyl (C=O) groups is 1. The van der Waals surface area contributed by atoms with Gasteiger partial charge >= 0.3 is 6.18 Å². The van der Waals surface area contributed by atoms with Crippen LogP contribution in [0, 0.1) is 11.7 Å². The molecule has 2 aromatic carbocycles. The van der Waals surface area contributed by atoms with Gasteiger partial charge in [0.05, 0.1) is 16.5 Å². The minimum atomic E-state index is -4.51. The van der Waals surface area contributed by atoms with Crippen molar-refractivity contribution in [2.24, 2.45) is 5.92 Å². The number of halogens is 4. The summed E-state index contributed by atoms with van der Waals surface area (Å²) in [5.41, 5.74) is -0.507. The third-order valence-electron chi connectivity index (χ3n) is 5.65. The largest absolute Gasteiger partial charge is 0.416 e. The van der Waals surface area contributed by atoms with E-state index in [0.717, 1.165) is 36.4 Å². The summed E-state index contributed by atoms with van der Waals surface area (Å²) in [6.45, 7) is 0. The molecule has 9 heteroatoms. The first-order chi connectivity index (χ1) is 13.6. The van der Waals surface area contributed by atoms with E-state index < -0.39 is 45.6 Å². The van der Waals surface area contributed by atoms with Gasteiger partial charge in [0.1, 0.15) is 11.6 Å². The highest BCUT2D eigenvalue weighted by atomic mass is 32.2. The van der Waals surface area contributed by atoms with Crippen molar-refractivity contribution in [3.63, 3.8) is 0 Å². The molecule has 0 amide bonds. The number of carbonyl (C=O) groups excluding carboxylic acids is 1. The van der Waals surface area contributed by atoms with E-state index in [1.54, 1.807) is 0 Å². The first-order valence-corrected chi connectivity index (χ1v) is 10.5. The van der Waals surface area contributed by atoms with Crippen LogP contribution in [0.15, 0.2) is 53.4 Å². The molecule has 2 aliphatic heterocycles. The lowest BCUT2D eigenvalue weighted by molar-refractivity contribution is -0.138. The molecule has 0 radical (unpaired) electrons. The van der Waals surface area contributed by atoms with E-state index in [-0.39, 0.29) is 17.1 Å². The minimum absolute atomic E-state index is 0.0717. The van der Waals surface area contributed by atoms with Crippen LogP contribution in [0.25, 0.3) is 0 Å². The summed E-state index contributed by atoms with van der Waals surface area (Å²) in [4.78, 5) is 12.4.